The van der Waals surface area contributed by atoms with Gasteiger partial charge in [-0.3, -0.25) is 0 Å². The van der Waals surface area contributed by atoms with Crippen LogP contribution in [-0.4, -0.2) is 29.8 Å². The van der Waals surface area contributed by atoms with Crippen LogP contribution in [0.2, 0.25) is 5.02 Å². The second kappa shape index (κ2) is 5.94. The Morgan fingerprint density at radius 2 is 2.16 bits per heavy atom. The summed E-state index contributed by atoms with van der Waals surface area (Å²) in [5.74, 6) is 2.48. The van der Waals surface area contributed by atoms with E-state index in [0.717, 1.165) is 30.2 Å². The molecule has 2 heterocycles. The van der Waals surface area contributed by atoms with Crippen LogP contribution in [0, 0.1) is 0 Å². The SMILES string of the molecule is Clc1cccc(NC2CCOC3(CCSCC3)C2)c1. The largest absolute Gasteiger partial charge is 0.382 e. The molecule has 1 aromatic carbocycles. The Kier molecular flexibility index (Phi) is 4.25. The number of halogens is 1. The van der Waals surface area contributed by atoms with Crippen LogP contribution in [0.15, 0.2) is 24.3 Å². The van der Waals surface area contributed by atoms with Gasteiger partial charge in [-0.2, -0.15) is 11.8 Å². The van der Waals surface area contributed by atoms with Crippen LogP contribution >= 0.6 is 23.4 Å². The summed E-state index contributed by atoms with van der Waals surface area (Å²) in [5.41, 5.74) is 1.26. The van der Waals surface area contributed by atoms with E-state index in [0.29, 0.717) is 6.04 Å². The Labute approximate surface area is 124 Å². The van der Waals surface area contributed by atoms with E-state index in [1.54, 1.807) is 0 Å². The van der Waals surface area contributed by atoms with E-state index in [1.165, 1.54) is 24.3 Å². The fraction of sp³-hybridized carbons (Fsp3) is 0.600. The molecule has 4 heteroatoms. The highest BCUT2D eigenvalue weighted by molar-refractivity contribution is 7.99. The van der Waals surface area contributed by atoms with Crippen LogP contribution < -0.4 is 5.32 Å². The molecule has 2 nitrogen and oxygen atoms in total. The van der Waals surface area contributed by atoms with E-state index in [1.807, 2.05) is 18.2 Å². The van der Waals surface area contributed by atoms with Gasteiger partial charge in [-0.25, -0.2) is 0 Å². The molecule has 0 radical (unpaired) electrons. The number of nitrogens with one attached hydrogen (secondary N) is 1. The van der Waals surface area contributed by atoms with Crippen molar-refractivity contribution in [2.24, 2.45) is 0 Å². The summed E-state index contributed by atoms with van der Waals surface area (Å²) >= 11 is 8.09. The van der Waals surface area contributed by atoms with Crippen molar-refractivity contribution in [3.63, 3.8) is 0 Å². The maximum Gasteiger partial charge on any atom is 0.0717 e. The molecule has 19 heavy (non-hydrogen) atoms. The van der Waals surface area contributed by atoms with Crippen LogP contribution in [0.25, 0.3) is 0 Å². The lowest BCUT2D eigenvalue weighted by Crippen LogP contribution is -2.46. The zero-order valence-electron chi connectivity index (χ0n) is 11.0. The average Bonchev–Trinajstić information content (AvgIpc) is 2.40. The van der Waals surface area contributed by atoms with Gasteiger partial charge < -0.3 is 10.1 Å². The summed E-state index contributed by atoms with van der Waals surface area (Å²) in [6, 6.07) is 8.51. The topological polar surface area (TPSA) is 21.3 Å². The molecule has 0 amide bonds. The van der Waals surface area contributed by atoms with Crippen molar-refractivity contribution in [3.05, 3.63) is 29.3 Å². The third-order valence-electron chi connectivity index (χ3n) is 4.09. The Morgan fingerprint density at radius 1 is 1.32 bits per heavy atom. The lowest BCUT2D eigenvalue weighted by Gasteiger charge is -2.43. The van der Waals surface area contributed by atoms with E-state index in [2.05, 4.69) is 23.1 Å². The van der Waals surface area contributed by atoms with Gasteiger partial charge in [-0.1, -0.05) is 17.7 Å². The molecule has 2 fully saturated rings. The number of thioether (sulfide) groups is 1. The first-order valence-electron chi connectivity index (χ1n) is 7.00. The predicted octanol–water partition coefficient (Wildman–Crippen LogP) is 4.20. The Balaban J connectivity index is 1.65. The minimum Gasteiger partial charge on any atom is -0.382 e. The first kappa shape index (κ1) is 13.6. The molecule has 2 aliphatic heterocycles. The molecule has 0 saturated carbocycles. The molecule has 2 aliphatic rings. The average molecular weight is 298 g/mol. The van der Waals surface area contributed by atoms with E-state index >= 15 is 0 Å². The van der Waals surface area contributed by atoms with Crippen molar-refractivity contribution in [2.75, 3.05) is 23.4 Å². The van der Waals surface area contributed by atoms with E-state index in [-0.39, 0.29) is 5.60 Å². The molecule has 104 valence electrons. The predicted molar refractivity (Wildman–Crippen MR) is 83.3 cm³/mol. The van der Waals surface area contributed by atoms with Crippen molar-refractivity contribution in [1.82, 2.24) is 0 Å². The Bertz CT molecular complexity index is 428. The number of benzene rings is 1. The summed E-state index contributed by atoms with van der Waals surface area (Å²) in [7, 11) is 0. The maximum atomic E-state index is 6.12. The van der Waals surface area contributed by atoms with Gasteiger partial charge in [-0.05, 0) is 55.4 Å². The van der Waals surface area contributed by atoms with Crippen molar-refractivity contribution in [2.45, 2.75) is 37.3 Å². The summed E-state index contributed by atoms with van der Waals surface area (Å²) in [5, 5.41) is 4.41. The second-order valence-corrected chi connectivity index (χ2v) is 7.15. The smallest absolute Gasteiger partial charge is 0.0717 e. The van der Waals surface area contributed by atoms with E-state index in [9.17, 15) is 0 Å². The van der Waals surface area contributed by atoms with Gasteiger partial charge >= 0.3 is 0 Å². The molecular weight excluding hydrogens is 278 g/mol. The number of anilines is 1. The molecule has 0 bridgehead atoms. The van der Waals surface area contributed by atoms with Crippen molar-refractivity contribution < 1.29 is 4.74 Å². The van der Waals surface area contributed by atoms with Gasteiger partial charge in [0.15, 0.2) is 0 Å². The zero-order valence-corrected chi connectivity index (χ0v) is 12.6. The highest BCUT2D eigenvalue weighted by Gasteiger charge is 2.38. The number of hydrogen-bond donors (Lipinski definition) is 1. The minimum absolute atomic E-state index is 0.139. The molecule has 1 spiro atoms. The molecular formula is C15H20ClNOS. The molecule has 3 rings (SSSR count). The Hall–Kier alpha value is -0.380. The normalized spacial score (nSPS) is 26.3. The minimum atomic E-state index is 0.139. The molecule has 1 unspecified atom stereocenters. The molecule has 1 N–H and O–H groups in total. The molecule has 2 saturated heterocycles. The van der Waals surface area contributed by atoms with Crippen LogP contribution in [0.3, 0.4) is 0 Å². The standard InChI is InChI=1S/C15H20ClNOS/c16-12-2-1-3-13(10-12)17-14-4-7-18-15(11-14)5-8-19-9-6-15/h1-3,10,14,17H,4-9,11H2. The third-order valence-corrected chi connectivity index (χ3v) is 5.31. The van der Waals surface area contributed by atoms with Crippen molar-refractivity contribution in [3.8, 4) is 0 Å². The quantitative estimate of drug-likeness (QED) is 0.884. The number of hydrogen-bond acceptors (Lipinski definition) is 3. The monoisotopic (exact) mass is 297 g/mol. The van der Waals surface area contributed by atoms with Crippen LogP contribution in [0.1, 0.15) is 25.7 Å². The summed E-state index contributed by atoms with van der Waals surface area (Å²) in [6.45, 7) is 0.878. The fourth-order valence-corrected chi connectivity index (χ4v) is 4.48. The van der Waals surface area contributed by atoms with Gasteiger partial charge in [0.2, 0.25) is 0 Å². The van der Waals surface area contributed by atoms with Crippen molar-refractivity contribution >= 4 is 29.1 Å². The molecule has 1 atom stereocenters. The highest BCUT2D eigenvalue weighted by Crippen LogP contribution is 2.38. The van der Waals surface area contributed by atoms with E-state index < -0.39 is 0 Å². The second-order valence-electron chi connectivity index (χ2n) is 5.49. The first-order chi connectivity index (χ1) is 9.26. The highest BCUT2D eigenvalue weighted by atomic mass is 35.5. The van der Waals surface area contributed by atoms with Crippen LogP contribution in [0.4, 0.5) is 5.69 Å². The Morgan fingerprint density at radius 3 is 2.95 bits per heavy atom. The summed E-state index contributed by atoms with van der Waals surface area (Å²) < 4.78 is 6.12. The molecule has 0 aliphatic carbocycles. The van der Waals surface area contributed by atoms with Crippen LogP contribution in [0.5, 0.6) is 0 Å². The van der Waals surface area contributed by atoms with E-state index in [4.69, 9.17) is 16.3 Å². The number of ether oxygens (including phenoxy) is 1. The maximum absolute atomic E-state index is 6.12. The van der Waals surface area contributed by atoms with Gasteiger partial charge in [0.1, 0.15) is 0 Å². The summed E-state index contributed by atoms with van der Waals surface area (Å²) in [6.07, 6.45) is 4.61. The number of rotatable bonds is 2. The van der Waals surface area contributed by atoms with Crippen molar-refractivity contribution in [1.29, 1.82) is 0 Å². The van der Waals surface area contributed by atoms with Gasteiger partial charge in [0.25, 0.3) is 0 Å². The van der Waals surface area contributed by atoms with Gasteiger partial charge in [0, 0.05) is 23.4 Å². The molecule has 1 aromatic rings. The third kappa shape index (κ3) is 3.39. The van der Waals surface area contributed by atoms with Crippen LogP contribution in [-0.2, 0) is 4.74 Å². The lowest BCUT2D eigenvalue weighted by atomic mass is 9.85. The lowest BCUT2D eigenvalue weighted by molar-refractivity contribution is -0.0865. The molecule has 0 aromatic heterocycles. The summed E-state index contributed by atoms with van der Waals surface area (Å²) in [4.78, 5) is 0. The van der Waals surface area contributed by atoms with Gasteiger partial charge in [0.05, 0.1) is 5.60 Å². The fourth-order valence-electron chi connectivity index (χ4n) is 3.06. The zero-order chi connectivity index (χ0) is 13.1. The first-order valence-corrected chi connectivity index (χ1v) is 8.53. The van der Waals surface area contributed by atoms with Gasteiger partial charge in [-0.15, -0.1) is 0 Å².